The summed E-state index contributed by atoms with van der Waals surface area (Å²) in [5.74, 6) is 0. The lowest BCUT2D eigenvalue weighted by molar-refractivity contribution is 0.563. The molecule has 0 saturated carbocycles. The van der Waals surface area contributed by atoms with Crippen LogP contribution in [-0.2, 0) is 4.57 Å². The number of unbranched alkanes of at least 4 members (excludes halogenated alkanes) is 2. The lowest BCUT2D eigenvalue weighted by Crippen LogP contribution is -2.10. The van der Waals surface area contributed by atoms with Gasteiger partial charge in [0.05, 0.1) is 0 Å². The van der Waals surface area contributed by atoms with Gasteiger partial charge in [0.15, 0.2) is 0 Å². The molecular weight excluding hydrogens is 169 g/mol. The molecule has 0 aromatic carbocycles. The predicted octanol–water partition coefficient (Wildman–Crippen LogP) is 3.08. The van der Waals surface area contributed by atoms with Crippen molar-refractivity contribution in [1.29, 1.82) is 0 Å². The highest BCUT2D eigenvalue weighted by atomic mass is 31.2. The van der Waals surface area contributed by atoms with Crippen LogP contribution < -0.4 is 5.09 Å². The summed E-state index contributed by atoms with van der Waals surface area (Å²) >= 11 is 0. The van der Waals surface area contributed by atoms with Crippen molar-refractivity contribution in [3.8, 4) is 0 Å². The molecule has 0 aliphatic carbocycles. The van der Waals surface area contributed by atoms with Gasteiger partial charge in [-0.3, -0.25) is 5.09 Å². The van der Waals surface area contributed by atoms with E-state index in [9.17, 15) is 4.57 Å². The molecule has 74 valence electrons. The summed E-state index contributed by atoms with van der Waals surface area (Å²) in [6.07, 6.45) is 6.19. The van der Waals surface area contributed by atoms with E-state index in [1.54, 1.807) is 0 Å². The zero-order chi connectivity index (χ0) is 9.45. The van der Waals surface area contributed by atoms with Crippen LogP contribution in [0.5, 0.6) is 0 Å². The van der Waals surface area contributed by atoms with Gasteiger partial charge in [-0.2, -0.15) is 0 Å². The zero-order valence-corrected chi connectivity index (χ0v) is 9.49. The minimum absolute atomic E-state index is 0.875. The van der Waals surface area contributed by atoms with E-state index in [4.69, 9.17) is 0 Å². The van der Waals surface area contributed by atoms with E-state index in [-0.39, 0.29) is 0 Å². The quantitative estimate of drug-likeness (QED) is 0.626. The Kier molecular flexibility index (Phi) is 6.78. The molecule has 0 aliphatic heterocycles. The Morgan fingerprint density at radius 2 is 1.50 bits per heavy atom. The van der Waals surface area contributed by atoms with Gasteiger partial charge in [-0.1, -0.05) is 26.7 Å². The third kappa shape index (κ3) is 4.95. The maximum Gasteiger partial charge on any atom is 0.147 e. The fraction of sp³-hybridized carbons (Fsp3) is 1.00. The molecule has 0 rings (SSSR count). The van der Waals surface area contributed by atoms with Crippen LogP contribution in [0.25, 0.3) is 0 Å². The molecule has 0 aromatic rings. The fourth-order valence-corrected chi connectivity index (χ4v) is 3.49. The van der Waals surface area contributed by atoms with Crippen LogP contribution >= 0.6 is 7.29 Å². The van der Waals surface area contributed by atoms with E-state index in [2.05, 4.69) is 18.9 Å². The molecule has 3 heteroatoms. The maximum absolute atomic E-state index is 12.0. The number of rotatable bonds is 7. The van der Waals surface area contributed by atoms with E-state index < -0.39 is 7.29 Å². The van der Waals surface area contributed by atoms with Crippen molar-refractivity contribution < 1.29 is 4.57 Å². The molecule has 0 saturated heterocycles. The van der Waals surface area contributed by atoms with Crippen molar-refractivity contribution in [2.45, 2.75) is 39.5 Å². The third-order valence-corrected chi connectivity index (χ3v) is 5.05. The second-order valence-corrected chi connectivity index (χ2v) is 6.39. The summed E-state index contributed by atoms with van der Waals surface area (Å²) in [7, 11) is -0.158. The van der Waals surface area contributed by atoms with Crippen LogP contribution in [0.2, 0.25) is 0 Å². The minimum Gasteiger partial charge on any atom is -0.307 e. The molecule has 0 bridgehead atoms. The van der Waals surface area contributed by atoms with E-state index in [1.807, 2.05) is 7.05 Å². The summed E-state index contributed by atoms with van der Waals surface area (Å²) in [6.45, 7) is 4.28. The molecule has 0 heterocycles. The molecule has 0 atom stereocenters. The van der Waals surface area contributed by atoms with E-state index in [0.717, 1.165) is 38.0 Å². The molecule has 0 fully saturated rings. The average molecular weight is 191 g/mol. The van der Waals surface area contributed by atoms with Crippen molar-refractivity contribution in [2.24, 2.45) is 0 Å². The summed E-state index contributed by atoms with van der Waals surface area (Å²) in [6, 6.07) is 0. The summed E-state index contributed by atoms with van der Waals surface area (Å²) < 4.78 is 12.0. The largest absolute Gasteiger partial charge is 0.307 e. The molecule has 2 nitrogen and oxygen atoms in total. The van der Waals surface area contributed by atoms with Crippen LogP contribution in [0.1, 0.15) is 39.5 Å². The van der Waals surface area contributed by atoms with Gasteiger partial charge in [0.1, 0.15) is 7.29 Å². The van der Waals surface area contributed by atoms with Crippen molar-refractivity contribution in [1.82, 2.24) is 5.09 Å². The molecule has 0 aliphatic rings. The Hall–Kier alpha value is 0.190. The maximum atomic E-state index is 12.0. The molecule has 0 amide bonds. The predicted molar refractivity (Wildman–Crippen MR) is 56.2 cm³/mol. The van der Waals surface area contributed by atoms with E-state index >= 15 is 0 Å². The summed E-state index contributed by atoms with van der Waals surface area (Å²) in [5.41, 5.74) is 0. The molecule has 0 unspecified atom stereocenters. The van der Waals surface area contributed by atoms with Crippen LogP contribution in [0.3, 0.4) is 0 Å². The highest BCUT2D eigenvalue weighted by molar-refractivity contribution is 7.61. The van der Waals surface area contributed by atoms with Crippen LogP contribution in [0, 0.1) is 0 Å². The molecule has 0 radical (unpaired) electrons. The lowest BCUT2D eigenvalue weighted by atomic mass is 10.4. The third-order valence-electron chi connectivity index (χ3n) is 2.15. The highest BCUT2D eigenvalue weighted by Gasteiger charge is 2.17. The lowest BCUT2D eigenvalue weighted by Gasteiger charge is -2.16. The van der Waals surface area contributed by atoms with E-state index in [1.165, 1.54) is 0 Å². The molecular formula is C9H22NOP. The fourth-order valence-electron chi connectivity index (χ4n) is 1.16. The average Bonchev–Trinajstić information content (AvgIpc) is 2.11. The SMILES string of the molecule is CCCCP(=O)(CCCC)NC. The zero-order valence-electron chi connectivity index (χ0n) is 8.60. The first-order valence-corrected chi connectivity index (χ1v) is 7.03. The monoisotopic (exact) mass is 191 g/mol. The van der Waals surface area contributed by atoms with Crippen molar-refractivity contribution >= 4 is 7.29 Å². The Morgan fingerprint density at radius 3 is 1.75 bits per heavy atom. The van der Waals surface area contributed by atoms with Gasteiger partial charge in [-0.15, -0.1) is 0 Å². The van der Waals surface area contributed by atoms with Crippen molar-refractivity contribution in [2.75, 3.05) is 19.4 Å². The van der Waals surface area contributed by atoms with Gasteiger partial charge in [-0.25, -0.2) is 0 Å². The van der Waals surface area contributed by atoms with Crippen LogP contribution in [0.15, 0.2) is 0 Å². The Labute approximate surface area is 76.6 Å². The van der Waals surface area contributed by atoms with Crippen molar-refractivity contribution in [3.63, 3.8) is 0 Å². The smallest absolute Gasteiger partial charge is 0.147 e. The van der Waals surface area contributed by atoms with Gasteiger partial charge < -0.3 is 4.57 Å². The standard InChI is InChI=1S/C9H22NOP/c1-4-6-8-12(11,10-3)9-7-5-2/h4-9H2,1-3H3,(H,10,11). The van der Waals surface area contributed by atoms with Gasteiger partial charge >= 0.3 is 0 Å². The van der Waals surface area contributed by atoms with Crippen LogP contribution in [-0.4, -0.2) is 19.4 Å². The number of nitrogens with one attached hydrogen (secondary N) is 1. The molecule has 0 aromatic heterocycles. The first kappa shape index (κ1) is 12.2. The first-order valence-electron chi connectivity index (χ1n) is 4.95. The Balaban J connectivity index is 3.79. The number of hydrogen-bond donors (Lipinski definition) is 1. The first-order chi connectivity index (χ1) is 5.68. The van der Waals surface area contributed by atoms with Crippen molar-refractivity contribution in [3.05, 3.63) is 0 Å². The Bertz CT molecular complexity index is 135. The van der Waals surface area contributed by atoms with Gasteiger partial charge in [-0.05, 0) is 19.9 Å². The van der Waals surface area contributed by atoms with Crippen LogP contribution in [0.4, 0.5) is 0 Å². The Morgan fingerprint density at radius 1 is 1.08 bits per heavy atom. The topological polar surface area (TPSA) is 29.1 Å². The summed E-state index contributed by atoms with van der Waals surface area (Å²) in [4.78, 5) is 0. The second-order valence-electron chi connectivity index (χ2n) is 3.27. The molecule has 12 heavy (non-hydrogen) atoms. The highest BCUT2D eigenvalue weighted by Crippen LogP contribution is 2.41. The van der Waals surface area contributed by atoms with Gasteiger partial charge in [0.2, 0.25) is 0 Å². The summed E-state index contributed by atoms with van der Waals surface area (Å²) in [5, 5.41) is 3.00. The second kappa shape index (κ2) is 6.68. The van der Waals surface area contributed by atoms with Gasteiger partial charge in [0.25, 0.3) is 0 Å². The number of hydrogen-bond acceptors (Lipinski definition) is 1. The van der Waals surface area contributed by atoms with E-state index in [0.29, 0.717) is 0 Å². The minimum atomic E-state index is -1.98. The molecule has 1 N–H and O–H groups in total. The van der Waals surface area contributed by atoms with Gasteiger partial charge in [0, 0.05) is 12.3 Å². The molecule has 0 spiro atoms. The normalized spacial score (nSPS) is 11.9.